The number of carboxylic acids is 1. The Labute approximate surface area is 301 Å². The number of nitrogens with one attached hydrogen (secondary N) is 8. The van der Waals surface area contributed by atoms with E-state index < -0.39 is 128 Å². The molecule has 8 atom stereocenters. The molecule has 0 saturated heterocycles. The van der Waals surface area contributed by atoms with Gasteiger partial charge in [0.15, 0.2) is 0 Å². The molecule has 0 aliphatic heterocycles. The molecule has 0 aromatic heterocycles. The van der Waals surface area contributed by atoms with Gasteiger partial charge in [0.2, 0.25) is 47.3 Å². The Kier molecular flexibility index (Phi) is 21.3. The van der Waals surface area contributed by atoms with E-state index in [4.69, 9.17) is 5.73 Å². The first kappa shape index (κ1) is 47.1. The summed E-state index contributed by atoms with van der Waals surface area (Å²) in [6, 6.07) is -7.50. The lowest BCUT2D eigenvalue weighted by Gasteiger charge is -2.28. The normalized spacial score (nSPS) is 15.5. The van der Waals surface area contributed by atoms with Crippen LogP contribution in [-0.4, -0.2) is 137 Å². The Morgan fingerprint density at radius 2 is 1.08 bits per heavy atom. The van der Waals surface area contributed by atoms with Gasteiger partial charge in [-0.2, -0.15) is 0 Å². The molecule has 0 unspecified atom stereocenters. The van der Waals surface area contributed by atoms with E-state index in [2.05, 4.69) is 42.5 Å². The number of hydrogen-bond donors (Lipinski definition) is 12. The fourth-order valence-corrected chi connectivity index (χ4v) is 4.18. The van der Waals surface area contributed by atoms with Crippen molar-refractivity contribution >= 4 is 53.2 Å². The summed E-state index contributed by atoms with van der Waals surface area (Å²) in [5, 5.41) is 46.4. The van der Waals surface area contributed by atoms with Gasteiger partial charge < -0.3 is 63.6 Å². The van der Waals surface area contributed by atoms with Gasteiger partial charge in [0.05, 0.1) is 32.3 Å². The average molecular weight is 746 g/mol. The number of aliphatic hydroxyl groups excluding tert-OH is 2. The first-order valence-electron chi connectivity index (χ1n) is 16.7. The molecule has 21 nitrogen and oxygen atoms in total. The molecule has 296 valence electrons. The summed E-state index contributed by atoms with van der Waals surface area (Å²) in [5.41, 5.74) is 5.45. The van der Waals surface area contributed by atoms with E-state index >= 15 is 0 Å². The van der Waals surface area contributed by atoms with Gasteiger partial charge in [-0.05, 0) is 39.0 Å². The summed E-state index contributed by atoms with van der Waals surface area (Å²) in [5.74, 6) is -8.17. The van der Waals surface area contributed by atoms with Crippen molar-refractivity contribution in [3.63, 3.8) is 0 Å². The first-order chi connectivity index (χ1) is 24.1. The topological polar surface area (TPSA) is 337 Å². The number of carbonyl (C=O) groups is 9. The zero-order chi connectivity index (χ0) is 40.3. The van der Waals surface area contributed by atoms with Gasteiger partial charge in [-0.15, -0.1) is 0 Å². The third kappa shape index (κ3) is 17.9. The highest BCUT2D eigenvalue weighted by atomic mass is 16.4. The molecule has 13 N–H and O–H groups in total. The van der Waals surface area contributed by atoms with E-state index in [-0.39, 0.29) is 12.3 Å². The fraction of sp³-hybridized carbons (Fsp3) is 0.710. The number of carboxylic acid groups (broad SMARTS) is 1. The second-order valence-electron chi connectivity index (χ2n) is 12.7. The van der Waals surface area contributed by atoms with Crippen LogP contribution in [0.5, 0.6) is 0 Å². The summed E-state index contributed by atoms with van der Waals surface area (Å²) in [4.78, 5) is 111. The molecular weight excluding hydrogens is 690 g/mol. The lowest BCUT2D eigenvalue weighted by molar-refractivity contribution is -0.143. The molecule has 0 radical (unpaired) electrons. The van der Waals surface area contributed by atoms with Gasteiger partial charge in [-0.1, -0.05) is 34.1 Å². The van der Waals surface area contributed by atoms with Crippen LogP contribution < -0.4 is 48.3 Å². The summed E-state index contributed by atoms with van der Waals surface area (Å²) in [7, 11) is 0. The largest absolute Gasteiger partial charge is 0.480 e. The summed E-state index contributed by atoms with van der Waals surface area (Å²) < 4.78 is 0. The number of aliphatic hydroxyl groups is 2. The Morgan fingerprint density at radius 1 is 0.596 bits per heavy atom. The number of amides is 8. The minimum atomic E-state index is -1.59. The second-order valence-corrected chi connectivity index (χ2v) is 12.7. The van der Waals surface area contributed by atoms with Crippen molar-refractivity contribution in [2.45, 2.75) is 104 Å². The Bertz CT molecular complexity index is 1280. The van der Waals surface area contributed by atoms with E-state index in [0.29, 0.717) is 6.42 Å². The smallest absolute Gasteiger partial charge is 0.328 e. The van der Waals surface area contributed by atoms with Gasteiger partial charge in [-0.25, -0.2) is 4.79 Å². The van der Waals surface area contributed by atoms with Crippen LogP contribution in [-0.2, 0) is 43.2 Å². The van der Waals surface area contributed by atoms with Crippen molar-refractivity contribution in [2.24, 2.45) is 17.6 Å². The number of hydrogen-bond acceptors (Lipinski definition) is 12. The molecular formula is C31H55N9O12. The van der Waals surface area contributed by atoms with Crippen LogP contribution >= 0.6 is 0 Å². The Morgan fingerprint density at radius 3 is 1.56 bits per heavy atom. The van der Waals surface area contributed by atoms with Gasteiger partial charge in [0.1, 0.15) is 36.3 Å². The van der Waals surface area contributed by atoms with E-state index in [1.54, 1.807) is 27.7 Å². The van der Waals surface area contributed by atoms with E-state index in [0.717, 1.165) is 0 Å². The van der Waals surface area contributed by atoms with Crippen molar-refractivity contribution in [3.05, 3.63) is 0 Å². The third-order valence-electron chi connectivity index (χ3n) is 7.59. The van der Waals surface area contributed by atoms with Crippen molar-refractivity contribution in [1.82, 2.24) is 42.5 Å². The van der Waals surface area contributed by atoms with E-state index in [9.17, 15) is 58.5 Å². The number of aliphatic carboxylic acids is 1. The molecule has 0 saturated carbocycles. The highest BCUT2D eigenvalue weighted by Crippen LogP contribution is 2.11. The predicted molar refractivity (Wildman–Crippen MR) is 183 cm³/mol. The highest BCUT2D eigenvalue weighted by molar-refractivity contribution is 5.96. The molecule has 0 aromatic rings. The summed E-state index contributed by atoms with van der Waals surface area (Å²) >= 11 is 0. The van der Waals surface area contributed by atoms with Crippen LogP contribution in [0.25, 0.3) is 0 Å². The Balaban J connectivity index is 5.06. The molecule has 8 amide bonds. The van der Waals surface area contributed by atoms with Crippen LogP contribution in [0.4, 0.5) is 0 Å². The van der Waals surface area contributed by atoms with Crippen LogP contribution in [0, 0.1) is 11.8 Å². The maximum absolute atomic E-state index is 13.3. The first-order valence-corrected chi connectivity index (χ1v) is 16.7. The van der Waals surface area contributed by atoms with Gasteiger partial charge in [0.25, 0.3) is 0 Å². The minimum absolute atomic E-state index is 0.106. The molecule has 0 spiro atoms. The molecule has 0 rings (SSSR count). The lowest BCUT2D eigenvalue weighted by atomic mass is 9.96. The van der Waals surface area contributed by atoms with E-state index in [1.165, 1.54) is 20.8 Å². The summed E-state index contributed by atoms with van der Waals surface area (Å²) in [6.07, 6.45) is -0.581. The second kappa shape index (κ2) is 23.6. The third-order valence-corrected chi connectivity index (χ3v) is 7.59. The number of rotatable bonds is 23. The SMILES string of the molecule is CC[C@H](C)[C@H](NC(=O)[C@H](CC(C)C)NC(=O)[C@H](C)NC(=O)CNC(=O)[C@H](C)NC(=O)CNC(=O)CNC(=O)[C@@H](N)[C@@H](C)O)C(=O)N[C@@H](CO)C(=O)O. The minimum Gasteiger partial charge on any atom is -0.480 e. The fourth-order valence-electron chi connectivity index (χ4n) is 4.18. The molecule has 0 heterocycles. The van der Waals surface area contributed by atoms with Crippen LogP contribution in [0.3, 0.4) is 0 Å². The highest BCUT2D eigenvalue weighted by Gasteiger charge is 2.33. The standard InChI is InChI=1S/C31H55N9O12/c1-8-15(4)25(30(50)39-20(13-41)31(51)52)40-28(48)19(9-14(2)3)38-27(47)17(6)37-23(45)12-34-26(46)16(5)36-22(44)11-33-21(43)10-35-29(49)24(32)18(7)42/h14-20,24-25,41-42H,8-13,32H2,1-7H3,(H,33,43)(H,34,46)(H,35,49)(H,36,44)(H,37,45)(H,38,47)(H,39,50)(H,40,48)(H,51,52)/t15-,16-,17-,18+,19-,20-,24-,25-/m0/s1. The maximum Gasteiger partial charge on any atom is 0.328 e. The monoisotopic (exact) mass is 745 g/mol. The molecule has 0 bridgehead atoms. The molecule has 52 heavy (non-hydrogen) atoms. The number of nitrogens with two attached hydrogens (primary N) is 1. The van der Waals surface area contributed by atoms with Crippen LogP contribution in [0.15, 0.2) is 0 Å². The van der Waals surface area contributed by atoms with Crippen LogP contribution in [0.2, 0.25) is 0 Å². The molecule has 21 heteroatoms. The predicted octanol–water partition coefficient (Wildman–Crippen LogP) is -5.32. The van der Waals surface area contributed by atoms with Crippen molar-refractivity contribution in [1.29, 1.82) is 0 Å². The quantitative estimate of drug-likeness (QED) is 0.0466. The van der Waals surface area contributed by atoms with Gasteiger partial charge >= 0.3 is 5.97 Å². The average Bonchev–Trinajstić information content (AvgIpc) is 3.07. The summed E-state index contributed by atoms with van der Waals surface area (Å²) in [6.45, 7) is 8.42. The van der Waals surface area contributed by atoms with E-state index in [1.807, 2.05) is 0 Å². The molecule has 0 fully saturated rings. The lowest BCUT2D eigenvalue weighted by Crippen LogP contribution is -2.59. The van der Waals surface area contributed by atoms with Gasteiger partial charge in [-0.3, -0.25) is 38.4 Å². The molecule has 0 aromatic carbocycles. The zero-order valence-corrected chi connectivity index (χ0v) is 30.5. The van der Waals surface area contributed by atoms with Gasteiger partial charge in [0, 0.05) is 0 Å². The van der Waals surface area contributed by atoms with Crippen LogP contribution in [0.1, 0.15) is 61.3 Å². The van der Waals surface area contributed by atoms with Crippen molar-refractivity contribution < 1.29 is 58.5 Å². The molecule has 0 aliphatic carbocycles. The molecule has 0 aliphatic rings. The van der Waals surface area contributed by atoms with Crippen molar-refractivity contribution in [3.8, 4) is 0 Å². The Hall–Kier alpha value is -4.89. The number of carbonyl (C=O) groups excluding carboxylic acids is 8. The zero-order valence-electron chi connectivity index (χ0n) is 30.5. The maximum atomic E-state index is 13.3. The van der Waals surface area contributed by atoms with Crippen molar-refractivity contribution in [2.75, 3.05) is 26.2 Å².